The summed E-state index contributed by atoms with van der Waals surface area (Å²) in [5.74, 6) is 4.72. The molecule has 0 amide bonds. The van der Waals surface area contributed by atoms with Crippen molar-refractivity contribution in [3.8, 4) is 34.5 Å². The number of hydrogen-bond acceptors (Lipinski definition) is 12. The second kappa shape index (κ2) is 40.6. The van der Waals surface area contributed by atoms with Crippen molar-refractivity contribution in [1.82, 2.24) is 33.9 Å². The smallest absolute Gasteiger partial charge is 0.255 e. The van der Waals surface area contributed by atoms with Gasteiger partial charge in [0, 0.05) is 23.7 Å². The van der Waals surface area contributed by atoms with Crippen LogP contribution >= 0.6 is 125 Å². The van der Waals surface area contributed by atoms with Crippen LogP contribution in [0.2, 0.25) is 30.9 Å². The molecule has 3 aromatic heterocycles. The number of benzene rings is 9. The maximum Gasteiger partial charge on any atom is 0.255 e. The lowest BCUT2D eigenvalue weighted by Crippen LogP contribution is -3.00. The van der Waals surface area contributed by atoms with Gasteiger partial charge in [0.2, 0.25) is 6.33 Å². The van der Waals surface area contributed by atoms with Gasteiger partial charge in [-0.2, -0.15) is 0 Å². The highest BCUT2D eigenvalue weighted by Gasteiger charge is 2.35. The highest BCUT2D eigenvalue weighted by Crippen LogP contribution is 2.37. The van der Waals surface area contributed by atoms with E-state index < -0.39 is 0 Å². The van der Waals surface area contributed by atoms with Gasteiger partial charge in [0.05, 0.1) is 38.6 Å². The zero-order valence-electron chi connectivity index (χ0n) is 58.0. The van der Waals surface area contributed by atoms with Crippen LogP contribution < -0.4 is 67.0 Å². The zero-order valence-corrected chi connectivity index (χ0v) is 70.4. The fourth-order valence-corrected chi connectivity index (χ4v) is 14.4. The number of para-hydroxylation sites is 6. The van der Waals surface area contributed by atoms with Gasteiger partial charge < -0.3 is 91.2 Å². The normalized spacial score (nSPS) is 18.1. The van der Waals surface area contributed by atoms with Crippen LogP contribution in [0.1, 0.15) is 16.7 Å². The standard InChI is InChI=1S/C23H22Cl2N2O2.C23H19Cl2N2O2.C12H10Cl2N2O2.C11H9Br.C9H9BrO2.C3H2Cl2N2.2BrH/c2*24-22-23(25)27(13-19-14-28-20-7-3-4-8-21(20)29-19)15-26(22)12-16-9-10-17-5-1-2-6-18(17)11-16;13-11-12(14)16(7-15-11)5-8-6-17-9-3-1-2-4-10(9)18-8;12-8-9-5-6-10-3-1-2-4-11(10)7-9;10-5-7-6-11-8-3-1-2-4-9(8)12-7;4-2-3(5)7-1-6-2;;/h1-11,19-21H,12-15H2;1-11,15,19H,12-14H2;1-4,7-8H,5-6H2;1-7H,8H2;1-4,7H,5-6H2;1H,(H,6,7);2*1H/q;+1;;;;;;/p-2. The second-order valence-electron chi connectivity index (χ2n) is 25.2. The molecule has 1 N–H and O–H groups in total. The highest BCUT2D eigenvalue weighted by atomic mass is 79.9. The number of H-pyrrole nitrogens is 1. The summed E-state index contributed by atoms with van der Waals surface area (Å²) in [6.07, 6.45) is 12.8. The van der Waals surface area contributed by atoms with Gasteiger partial charge in [-0.05, 0) is 121 Å². The van der Waals surface area contributed by atoms with Crippen molar-refractivity contribution in [2.24, 2.45) is 0 Å². The Morgan fingerprint density at radius 1 is 0.450 bits per heavy atom. The Labute approximate surface area is 709 Å². The quantitative estimate of drug-likeness (QED) is 0.0708. The molecule has 6 aliphatic rings. The van der Waals surface area contributed by atoms with Crippen molar-refractivity contribution in [2.75, 3.05) is 45.0 Å². The summed E-state index contributed by atoms with van der Waals surface area (Å²) in [7, 11) is 0. The molecule has 0 radical (unpaired) electrons. The minimum Gasteiger partial charge on any atom is -1.00 e. The Kier molecular flexibility index (Phi) is 30.9. The summed E-state index contributed by atoms with van der Waals surface area (Å²) in [6.45, 7) is 5.84. The predicted octanol–water partition coefficient (Wildman–Crippen LogP) is 14.6. The topological polar surface area (TPSA) is 136 Å². The Balaban J connectivity index is 0.000000137. The molecule has 18 rings (SSSR count). The number of nitrogens with zero attached hydrogens (tertiary/aromatic N) is 7. The Morgan fingerprint density at radius 2 is 0.917 bits per heavy atom. The van der Waals surface area contributed by atoms with E-state index in [1.165, 1.54) is 49.8 Å². The first-order valence-corrected chi connectivity index (χ1v) is 39.5. The summed E-state index contributed by atoms with van der Waals surface area (Å²) in [6, 6.07) is 67.5. The van der Waals surface area contributed by atoms with Crippen LogP contribution in [0.3, 0.4) is 0 Å². The Bertz CT molecular complexity index is 5100. The minimum absolute atomic E-state index is 0. The van der Waals surface area contributed by atoms with E-state index in [9.17, 15) is 0 Å². The molecule has 568 valence electrons. The van der Waals surface area contributed by atoms with Crippen molar-refractivity contribution >= 4 is 157 Å². The van der Waals surface area contributed by atoms with Crippen LogP contribution in [0.25, 0.3) is 32.3 Å². The molecule has 28 heteroatoms. The van der Waals surface area contributed by atoms with E-state index in [1.54, 1.807) is 10.9 Å². The Hall–Kier alpha value is -6.83. The predicted molar refractivity (Wildman–Crippen MR) is 434 cm³/mol. The van der Waals surface area contributed by atoms with Crippen LogP contribution in [0.5, 0.6) is 34.5 Å². The molecule has 8 heterocycles. The van der Waals surface area contributed by atoms with E-state index >= 15 is 0 Å². The molecule has 5 aliphatic heterocycles. The SMILES string of the molecule is BrCC1COc2ccccc2O1.BrCc1ccc2ccccc2c1.ClC1=C(Cl)N(CC2COC3C=CC=CC3O2)CN1Cc1ccc2ccccc2c1.Clc1c(Cl)[n+](Cc2ccc3ccccc3c2)cn1CC1COc2ccccc2O1.Clc1nc[nH]c1Cl.Clc1ncn(CC2COc3ccccc3O2)c1Cl.[Br-].[Br-]. The molecule has 6 unspecified atom stereocenters. The molecule has 109 heavy (non-hydrogen) atoms. The molecule has 0 bridgehead atoms. The molecule has 1 saturated heterocycles. The van der Waals surface area contributed by atoms with Gasteiger partial charge in [0.15, 0.2) is 57.0 Å². The molecule has 6 atom stereocenters. The van der Waals surface area contributed by atoms with E-state index in [0.29, 0.717) is 107 Å². The van der Waals surface area contributed by atoms with Crippen molar-refractivity contribution in [3.63, 3.8) is 0 Å². The molecule has 0 saturated carbocycles. The van der Waals surface area contributed by atoms with Crippen LogP contribution in [0.4, 0.5) is 0 Å². The average molecular weight is 1890 g/mol. The number of halogens is 12. The number of aromatic nitrogens is 6. The summed E-state index contributed by atoms with van der Waals surface area (Å²) in [4.78, 5) is 14.3. The van der Waals surface area contributed by atoms with Crippen molar-refractivity contribution in [2.45, 2.75) is 68.1 Å². The van der Waals surface area contributed by atoms with Gasteiger partial charge in [-0.3, -0.25) is 0 Å². The van der Waals surface area contributed by atoms with E-state index in [2.05, 4.69) is 172 Å². The molecule has 0 spiro atoms. The maximum atomic E-state index is 6.56. The van der Waals surface area contributed by atoms with Gasteiger partial charge >= 0.3 is 0 Å². The van der Waals surface area contributed by atoms with Gasteiger partial charge in [-0.25, -0.2) is 19.1 Å². The number of imidazole rings is 3. The number of fused-ring (bicyclic) bond motifs is 7. The second-order valence-corrected chi connectivity index (χ2v) is 29.3. The third kappa shape index (κ3) is 22.1. The number of nitrogens with one attached hydrogen (secondary N) is 1. The van der Waals surface area contributed by atoms with Gasteiger partial charge in [-0.1, -0.05) is 277 Å². The van der Waals surface area contributed by atoms with Gasteiger partial charge in [-0.15, -0.1) is 0 Å². The van der Waals surface area contributed by atoms with Crippen LogP contribution in [0.15, 0.2) is 254 Å². The third-order valence-electron chi connectivity index (χ3n) is 17.6. The lowest BCUT2D eigenvalue weighted by Gasteiger charge is -2.37. The van der Waals surface area contributed by atoms with Crippen molar-refractivity contribution < 1.29 is 76.4 Å². The number of hydrogen-bond donors (Lipinski definition) is 1. The molecule has 12 aromatic rings. The Morgan fingerprint density at radius 3 is 1.42 bits per heavy atom. The van der Waals surface area contributed by atoms with E-state index in [4.69, 9.17) is 131 Å². The summed E-state index contributed by atoms with van der Waals surface area (Å²) < 4.78 is 52.1. The van der Waals surface area contributed by atoms with E-state index in [0.717, 1.165) is 50.7 Å². The fraction of sp³-hybridized carbons (Fsp3) is 0.222. The molecule has 1 fully saturated rings. The third-order valence-corrected chi connectivity index (χ3v) is 22.2. The minimum atomic E-state index is -0.139. The van der Waals surface area contributed by atoms with E-state index in [1.807, 2.05) is 125 Å². The summed E-state index contributed by atoms with van der Waals surface area (Å²) >= 11 is 55.5. The number of ether oxygens (including phenoxy) is 8. The average Bonchev–Trinajstić information content (AvgIpc) is 1.67. The monoisotopic (exact) mass is 1880 g/mol. The summed E-state index contributed by atoms with van der Waals surface area (Å²) in [5.41, 5.74) is 3.69. The number of rotatable bonds is 12. The number of allylic oxidation sites excluding steroid dienone is 2. The largest absolute Gasteiger partial charge is 1.00 e. The van der Waals surface area contributed by atoms with Crippen LogP contribution in [-0.2, 0) is 41.0 Å². The van der Waals surface area contributed by atoms with Gasteiger partial charge in [0.25, 0.3) is 10.3 Å². The zero-order chi connectivity index (χ0) is 74.2. The van der Waals surface area contributed by atoms with Crippen molar-refractivity contribution in [3.05, 3.63) is 301 Å². The molecule has 9 aromatic carbocycles. The first-order chi connectivity index (χ1) is 52.2. The number of aromatic amines is 1. The first kappa shape index (κ1) is 83.1. The fourth-order valence-electron chi connectivity index (χ4n) is 12.3. The molecular weight excluding hydrogens is 1820 g/mol. The molecule has 16 nitrogen and oxygen atoms in total. The first-order valence-electron chi connectivity index (χ1n) is 34.2. The highest BCUT2D eigenvalue weighted by molar-refractivity contribution is 9.09. The molecule has 1 aliphatic carbocycles. The summed E-state index contributed by atoms with van der Waals surface area (Å²) in [5, 5.41) is 12.8. The van der Waals surface area contributed by atoms with Gasteiger partial charge in [0.1, 0.15) is 71.8 Å². The molecular formula is C81H71Br4Cl8N8O8-. The maximum absolute atomic E-state index is 6.56. The number of alkyl halides is 2. The van der Waals surface area contributed by atoms with Crippen LogP contribution in [-0.4, -0.2) is 115 Å². The van der Waals surface area contributed by atoms with E-state index in [-0.39, 0.29) is 70.6 Å². The van der Waals surface area contributed by atoms with Crippen LogP contribution in [0, 0.1) is 0 Å². The van der Waals surface area contributed by atoms with Crippen molar-refractivity contribution in [1.29, 1.82) is 0 Å². The lowest BCUT2D eigenvalue weighted by atomic mass is 10.1. The lowest BCUT2D eigenvalue weighted by molar-refractivity contribution is -0.685.